The summed E-state index contributed by atoms with van der Waals surface area (Å²) in [5, 5.41) is 0.0948. The maximum atomic E-state index is 12.7. The van der Waals surface area contributed by atoms with Gasteiger partial charge in [-0.15, -0.1) is 0 Å². The van der Waals surface area contributed by atoms with Gasteiger partial charge >= 0.3 is 7.60 Å². The quantitative estimate of drug-likeness (QED) is 0.662. The molecule has 0 aromatic carbocycles. The van der Waals surface area contributed by atoms with Gasteiger partial charge in [0.1, 0.15) is 5.15 Å². The predicted molar refractivity (Wildman–Crippen MR) is 71.1 cm³/mol. The third-order valence-corrected chi connectivity index (χ3v) is 4.06. The van der Waals surface area contributed by atoms with E-state index >= 15 is 0 Å². The zero-order valence-corrected chi connectivity index (χ0v) is 12.4. The molecule has 0 aliphatic heterocycles. The van der Waals surface area contributed by atoms with Gasteiger partial charge in [0.2, 0.25) is 5.95 Å². The van der Waals surface area contributed by atoms with Crippen molar-refractivity contribution in [2.24, 2.45) is 0 Å². The van der Waals surface area contributed by atoms with E-state index < -0.39 is 7.60 Å². The molecule has 0 aliphatic rings. The highest BCUT2D eigenvalue weighted by molar-refractivity contribution is 7.62. The van der Waals surface area contributed by atoms with Crippen molar-refractivity contribution in [3.05, 3.63) is 11.2 Å². The molecule has 0 saturated carbocycles. The van der Waals surface area contributed by atoms with E-state index in [2.05, 4.69) is 9.97 Å². The molecule has 1 aromatic heterocycles. The molecule has 1 heterocycles. The molecule has 2 N–H and O–H groups in total. The average molecular weight is 294 g/mol. The first-order valence-corrected chi connectivity index (χ1v) is 7.42. The van der Waals surface area contributed by atoms with E-state index in [-0.39, 0.29) is 28.7 Å². The van der Waals surface area contributed by atoms with E-state index in [1.54, 1.807) is 27.7 Å². The van der Waals surface area contributed by atoms with Crippen molar-refractivity contribution in [3.63, 3.8) is 0 Å². The molecule has 0 aliphatic carbocycles. The fraction of sp³-hybridized carbons (Fsp3) is 0.600. The van der Waals surface area contributed by atoms with Crippen LogP contribution in [0.5, 0.6) is 0 Å². The van der Waals surface area contributed by atoms with Gasteiger partial charge in [-0.2, -0.15) is 0 Å². The Hall–Kier alpha value is -0.680. The molecule has 8 heteroatoms. The lowest BCUT2D eigenvalue weighted by molar-refractivity contribution is 0.149. The highest BCUT2D eigenvalue weighted by Gasteiger charge is 2.33. The van der Waals surface area contributed by atoms with Crippen LogP contribution in [0.4, 0.5) is 5.95 Å². The summed E-state index contributed by atoms with van der Waals surface area (Å²) in [6.07, 6.45) is -0.575. The molecule has 6 nitrogen and oxygen atoms in total. The van der Waals surface area contributed by atoms with Gasteiger partial charge in [0.25, 0.3) is 0 Å². The Kier molecular flexibility index (Phi) is 5.10. The van der Waals surface area contributed by atoms with E-state index in [1.165, 1.54) is 6.07 Å². The first-order valence-electron chi connectivity index (χ1n) is 5.50. The third-order valence-electron chi connectivity index (χ3n) is 1.68. The second-order valence-corrected chi connectivity index (χ2v) is 6.47. The van der Waals surface area contributed by atoms with E-state index in [4.69, 9.17) is 26.4 Å². The van der Waals surface area contributed by atoms with Crippen LogP contribution >= 0.6 is 19.2 Å². The fourth-order valence-electron chi connectivity index (χ4n) is 1.25. The molecule has 102 valence electrons. The summed E-state index contributed by atoms with van der Waals surface area (Å²) in [6.45, 7) is 7.01. The first kappa shape index (κ1) is 15.4. The second-order valence-electron chi connectivity index (χ2n) is 4.21. The topological polar surface area (TPSA) is 87.3 Å². The van der Waals surface area contributed by atoms with Crippen LogP contribution in [-0.4, -0.2) is 22.2 Å². The smallest absolute Gasteiger partial charge is 0.368 e. The van der Waals surface area contributed by atoms with Crippen LogP contribution in [0.15, 0.2) is 6.07 Å². The van der Waals surface area contributed by atoms with E-state index in [0.29, 0.717) is 0 Å². The Bertz CT molecular complexity index is 433. The van der Waals surface area contributed by atoms with Crippen LogP contribution in [0, 0.1) is 0 Å². The maximum Gasteiger partial charge on any atom is 0.380 e. The number of nitrogens with two attached hydrogens (primary N) is 1. The lowest BCUT2D eigenvalue weighted by atomic mass is 10.5. The molecule has 1 rings (SSSR count). The molecule has 0 amide bonds. The van der Waals surface area contributed by atoms with Crippen molar-refractivity contribution in [2.45, 2.75) is 39.9 Å². The van der Waals surface area contributed by atoms with Crippen molar-refractivity contribution in [3.8, 4) is 0 Å². The van der Waals surface area contributed by atoms with Crippen molar-refractivity contribution in [2.75, 3.05) is 5.73 Å². The largest absolute Gasteiger partial charge is 0.380 e. The molecule has 0 bridgehead atoms. The third kappa shape index (κ3) is 4.21. The highest BCUT2D eigenvalue weighted by atomic mass is 35.5. The van der Waals surface area contributed by atoms with Crippen LogP contribution in [0.25, 0.3) is 0 Å². The lowest BCUT2D eigenvalue weighted by Crippen LogP contribution is -2.21. The summed E-state index contributed by atoms with van der Waals surface area (Å²) in [7, 11) is -3.55. The molecule has 0 spiro atoms. The van der Waals surface area contributed by atoms with Crippen LogP contribution < -0.4 is 11.2 Å². The molecular weight excluding hydrogens is 277 g/mol. The molecule has 0 unspecified atom stereocenters. The Balaban J connectivity index is 3.20. The molecule has 1 aromatic rings. The summed E-state index contributed by atoms with van der Waals surface area (Å²) in [5.41, 5.74) is 5.55. The second kappa shape index (κ2) is 5.97. The van der Waals surface area contributed by atoms with E-state index in [0.717, 1.165) is 0 Å². The van der Waals surface area contributed by atoms with Gasteiger partial charge in [-0.3, -0.25) is 4.57 Å². The molecule has 0 saturated heterocycles. The minimum Gasteiger partial charge on any atom is -0.368 e. The number of nitrogen functional groups attached to an aromatic ring is 1. The van der Waals surface area contributed by atoms with Gasteiger partial charge < -0.3 is 14.8 Å². The van der Waals surface area contributed by atoms with Crippen LogP contribution in [-0.2, 0) is 13.6 Å². The number of nitrogens with zero attached hydrogens (tertiary/aromatic N) is 2. The van der Waals surface area contributed by atoms with Crippen molar-refractivity contribution in [1.29, 1.82) is 0 Å². The van der Waals surface area contributed by atoms with Crippen molar-refractivity contribution >= 4 is 30.6 Å². The van der Waals surface area contributed by atoms with Crippen molar-refractivity contribution < 1.29 is 13.6 Å². The Labute approximate surface area is 111 Å². The normalized spacial score (nSPS) is 12.4. The Morgan fingerprint density at radius 3 is 2.11 bits per heavy atom. The number of rotatable bonds is 5. The summed E-state index contributed by atoms with van der Waals surface area (Å²) in [5.74, 6) is -0.0718. The van der Waals surface area contributed by atoms with Crippen LogP contribution in [0.1, 0.15) is 27.7 Å². The van der Waals surface area contributed by atoms with Gasteiger partial charge in [0, 0.05) is 6.07 Å². The SMILES string of the molecule is CC(C)OP(=O)(OC(C)C)c1cc(Cl)nc(N)n1. The van der Waals surface area contributed by atoms with Crippen LogP contribution in [0.2, 0.25) is 5.15 Å². The van der Waals surface area contributed by atoms with Crippen molar-refractivity contribution in [1.82, 2.24) is 9.97 Å². The minimum atomic E-state index is -3.55. The average Bonchev–Trinajstić information content (AvgIpc) is 2.12. The maximum absolute atomic E-state index is 12.7. The summed E-state index contributed by atoms with van der Waals surface area (Å²) >= 11 is 5.77. The number of anilines is 1. The van der Waals surface area contributed by atoms with E-state index in [9.17, 15) is 4.57 Å². The standard InChI is InChI=1S/C10H17ClN3O3P/c1-6(2)16-18(15,17-7(3)4)9-5-8(11)13-10(12)14-9/h5-7H,1-4H3,(H2,12,13,14). The van der Waals surface area contributed by atoms with Gasteiger partial charge in [-0.1, -0.05) is 11.6 Å². The summed E-state index contributed by atoms with van der Waals surface area (Å²) in [4.78, 5) is 7.59. The zero-order valence-electron chi connectivity index (χ0n) is 10.8. The number of hydrogen-bond donors (Lipinski definition) is 1. The predicted octanol–water partition coefficient (Wildman–Crippen LogP) is 2.38. The molecular formula is C10H17ClN3O3P. The van der Waals surface area contributed by atoms with Gasteiger partial charge in [0.05, 0.1) is 12.2 Å². The minimum absolute atomic E-state index is 0.0717. The number of hydrogen-bond acceptors (Lipinski definition) is 6. The number of aromatic nitrogens is 2. The monoisotopic (exact) mass is 293 g/mol. The number of halogens is 1. The molecule has 0 fully saturated rings. The Morgan fingerprint density at radius 2 is 1.72 bits per heavy atom. The van der Waals surface area contributed by atoms with Gasteiger partial charge in [-0.05, 0) is 27.7 Å². The summed E-state index contributed by atoms with van der Waals surface area (Å²) < 4.78 is 23.4. The van der Waals surface area contributed by atoms with E-state index in [1.807, 2.05) is 0 Å². The van der Waals surface area contributed by atoms with Gasteiger partial charge in [0.15, 0.2) is 5.44 Å². The molecule has 0 atom stereocenters. The molecule has 18 heavy (non-hydrogen) atoms. The highest BCUT2D eigenvalue weighted by Crippen LogP contribution is 2.49. The fourth-order valence-corrected chi connectivity index (χ4v) is 3.40. The van der Waals surface area contributed by atoms with Gasteiger partial charge in [-0.25, -0.2) is 9.97 Å². The Morgan fingerprint density at radius 1 is 1.22 bits per heavy atom. The molecule has 0 radical (unpaired) electrons. The summed E-state index contributed by atoms with van der Waals surface area (Å²) in [6, 6.07) is 1.34. The lowest BCUT2D eigenvalue weighted by Gasteiger charge is -2.22. The van der Waals surface area contributed by atoms with Crippen LogP contribution in [0.3, 0.4) is 0 Å². The zero-order chi connectivity index (χ0) is 13.9. The first-order chi connectivity index (χ1) is 8.23.